The second-order valence-corrected chi connectivity index (χ2v) is 4.15. The summed E-state index contributed by atoms with van der Waals surface area (Å²) in [7, 11) is 0. The molecule has 0 aromatic heterocycles. The molecular weight excluding hydrogens is 242 g/mol. The first-order valence-electron chi connectivity index (χ1n) is 6.22. The Labute approximate surface area is 113 Å². The van der Waals surface area contributed by atoms with Crippen LogP contribution in [0.4, 0.5) is 0 Å². The van der Waals surface area contributed by atoms with E-state index in [1.165, 1.54) is 0 Å². The van der Waals surface area contributed by atoms with Gasteiger partial charge in [0.15, 0.2) is 0 Å². The Morgan fingerprint density at radius 2 is 2.16 bits per heavy atom. The molecule has 0 aliphatic heterocycles. The van der Waals surface area contributed by atoms with Crippen molar-refractivity contribution in [1.29, 1.82) is 0 Å². The van der Waals surface area contributed by atoms with Crippen molar-refractivity contribution in [2.75, 3.05) is 19.8 Å². The number of aliphatic hydroxyl groups excluding tert-OH is 1. The van der Waals surface area contributed by atoms with Crippen LogP contribution in [0.3, 0.4) is 0 Å². The molecule has 1 aromatic rings. The van der Waals surface area contributed by atoms with E-state index in [9.17, 15) is 9.90 Å². The van der Waals surface area contributed by atoms with E-state index in [1.807, 2.05) is 30.3 Å². The molecule has 0 aliphatic rings. The summed E-state index contributed by atoms with van der Waals surface area (Å²) < 4.78 is 5.00. The van der Waals surface area contributed by atoms with Gasteiger partial charge in [0.25, 0.3) is 0 Å². The maximum absolute atomic E-state index is 11.4. The Kier molecular flexibility index (Phi) is 7.33. The standard InChI is InChI=1S/C15H19NO3/c1-2-9-19-10-8-15(18)16-12-14(17)11-13-6-4-3-5-7-13/h1,3-7,14,17H,8-12H2,(H,16,18). The van der Waals surface area contributed by atoms with Gasteiger partial charge >= 0.3 is 0 Å². The molecule has 0 aliphatic carbocycles. The minimum absolute atomic E-state index is 0.149. The fraction of sp³-hybridized carbons (Fsp3) is 0.400. The molecule has 0 saturated heterocycles. The minimum Gasteiger partial charge on any atom is -0.391 e. The van der Waals surface area contributed by atoms with Gasteiger partial charge in [0, 0.05) is 13.0 Å². The number of carbonyl (C=O) groups is 1. The Bertz CT molecular complexity index is 411. The second kappa shape index (κ2) is 9.15. The molecule has 1 amide bonds. The molecule has 0 heterocycles. The maximum atomic E-state index is 11.4. The van der Waals surface area contributed by atoms with Crippen molar-refractivity contribution in [3.8, 4) is 12.3 Å². The fourth-order valence-electron chi connectivity index (χ4n) is 1.57. The van der Waals surface area contributed by atoms with Crippen LogP contribution in [0.15, 0.2) is 30.3 Å². The van der Waals surface area contributed by atoms with E-state index in [0.717, 1.165) is 5.56 Å². The Morgan fingerprint density at radius 1 is 1.42 bits per heavy atom. The van der Waals surface area contributed by atoms with Gasteiger partial charge in [-0.05, 0) is 5.56 Å². The van der Waals surface area contributed by atoms with Crippen molar-refractivity contribution in [2.45, 2.75) is 18.9 Å². The predicted octanol–water partition coefficient (Wildman–Crippen LogP) is 0.746. The summed E-state index contributed by atoms with van der Waals surface area (Å²) in [4.78, 5) is 11.4. The van der Waals surface area contributed by atoms with Crippen LogP contribution < -0.4 is 5.32 Å². The highest BCUT2D eigenvalue weighted by molar-refractivity contribution is 5.75. The van der Waals surface area contributed by atoms with Crippen LogP contribution in [0.1, 0.15) is 12.0 Å². The summed E-state index contributed by atoms with van der Waals surface area (Å²) >= 11 is 0. The summed E-state index contributed by atoms with van der Waals surface area (Å²) in [6, 6.07) is 9.65. The van der Waals surface area contributed by atoms with Gasteiger partial charge in [0.05, 0.1) is 19.1 Å². The lowest BCUT2D eigenvalue weighted by Gasteiger charge is -2.12. The third-order valence-electron chi connectivity index (χ3n) is 2.51. The number of terminal acetylenes is 1. The summed E-state index contributed by atoms with van der Waals surface area (Å²) in [6.45, 7) is 0.748. The lowest BCUT2D eigenvalue weighted by Crippen LogP contribution is -2.33. The first-order chi connectivity index (χ1) is 9.22. The van der Waals surface area contributed by atoms with Gasteiger partial charge in [-0.2, -0.15) is 0 Å². The largest absolute Gasteiger partial charge is 0.391 e. The van der Waals surface area contributed by atoms with Gasteiger partial charge in [0.2, 0.25) is 5.91 Å². The number of hydrogen-bond donors (Lipinski definition) is 2. The number of ether oxygens (including phenoxy) is 1. The topological polar surface area (TPSA) is 58.6 Å². The van der Waals surface area contributed by atoms with E-state index in [0.29, 0.717) is 13.0 Å². The summed E-state index contributed by atoms with van der Waals surface area (Å²) in [5.41, 5.74) is 1.04. The molecule has 1 rings (SSSR count). The van der Waals surface area contributed by atoms with E-state index in [2.05, 4.69) is 11.2 Å². The van der Waals surface area contributed by atoms with Crippen molar-refractivity contribution in [3.63, 3.8) is 0 Å². The molecule has 0 spiro atoms. The zero-order valence-corrected chi connectivity index (χ0v) is 10.8. The van der Waals surface area contributed by atoms with Gasteiger partial charge in [0.1, 0.15) is 6.61 Å². The monoisotopic (exact) mass is 261 g/mol. The van der Waals surface area contributed by atoms with Crippen molar-refractivity contribution in [3.05, 3.63) is 35.9 Å². The van der Waals surface area contributed by atoms with Crippen LogP contribution in [-0.2, 0) is 16.0 Å². The van der Waals surface area contributed by atoms with Crippen LogP contribution in [0, 0.1) is 12.3 Å². The maximum Gasteiger partial charge on any atom is 0.222 e. The third kappa shape index (κ3) is 7.24. The van der Waals surface area contributed by atoms with E-state index in [4.69, 9.17) is 11.2 Å². The van der Waals surface area contributed by atoms with Crippen LogP contribution >= 0.6 is 0 Å². The normalized spacial score (nSPS) is 11.6. The highest BCUT2D eigenvalue weighted by Gasteiger charge is 2.07. The van der Waals surface area contributed by atoms with Gasteiger partial charge in [-0.1, -0.05) is 36.3 Å². The van der Waals surface area contributed by atoms with Crippen LogP contribution in [-0.4, -0.2) is 36.9 Å². The number of nitrogens with one attached hydrogen (secondary N) is 1. The molecule has 0 bridgehead atoms. The molecule has 0 saturated carbocycles. The highest BCUT2D eigenvalue weighted by Crippen LogP contribution is 2.02. The summed E-state index contributed by atoms with van der Waals surface area (Å²) in [5, 5.41) is 12.4. The number of hydrogen-bond acceptors (Lipinski definition) is 3. The second-order valence-electron chi connectivity index (χ2n) is 4.15. The van der Waals surface area contributed by atoms with Crippen LogP contribution in [0.5, 0.6) is 0 Å². The lowest BCUT2D eigenvalue weighted by atomic mass is 10.1. The molecule has 1 unspecified atom stereocenters. The Morgan fingerprint density at radius 3 is 2.84 bits per heavy atom. The molecule has 2 N–H and O–H groups in total. The van der Waals surface area contributed by atoms with Crippen molar-refractivity contribution >= 4 is 5.91 Å². The Hall–Kier alpha value is -1.83. The average molecular weight is 261 g/mol. The van der Waals surface area contributed by atoms with E-state index in [1.54, 1.807) is 0 Å². The smallest absolute Gasteiger partial charge is 0.222 e. The van der Waals surface area contributed by atoms with E-state index < -0.39 is 6.10 Å². The minimum atomic E-state index is -0.585. The van der Waals surface area contributed by atoms with Crippen molar-refractivity contribution < 1.29 is 14.6 Å². The number of rotatable bonds is 8. The first-order valence-corrected chi connectivity index (χ1v) is 6.22. The third-order valence-corrected chi connectivity index (χ3v) is 2.51. The molecule has 1 atom stereocenters. The molecular formula is C15H19NO3. The van der Waals surface area contributed by atoms with Gasteiger partial charge < -0.3 is 15.2 Å². The zero-order valence-electron chi connectivity index (χ0n) is 10.8. The lowest BCUT2D eigenvalue weighted by molar-refractivity contribution is -0.122. The summed E-state index contributed by atoms with van der Waals surface area (Å²) in [6.07, 6.45) is 5.20. The number of aliphatic hydroxyl groups is 1. The average Bonchev–Trinajstić information content (AvgIpc) is 2.42. The van der Waals surface area contributed by atoms with Crippen molar-refractivity contribution in [2.24, 2.45) is 0 Å². The molecule has 102 valence electrons. The quantitative estimate of drug-likeness (QED) is 0.536. The van der Waals surface area contributed by atoms with E-state index >= 15 is 0 Å². The first kappa shape index (κ1) is 15.2. The van der Waals surface area contributed by atoms with Gasteiger partial charge in [-0.25, -0.2) is 0 Å². The van der Waals surface area contributed by atoms with E-state index in [-0.39, 0.29) is 25.5 Å². The van der Waals surface area contributed by atoms with Crippen LogP contribution in [0.2, 0.25) is 0 Å². The molecule has 1 aromatic carbocycles. The number of carbonyl (C=O) groups excluding carboxylic acids is 1. The SMILES string of the molecule is C#CCOCCC(=O)NCC(O)Cc1ccccc1. The molecule has 0 radical (unpaired) electrons. The molecule has 0 fully saturated rings. The molecule has 4 heteroatoms. The molecule has 19 heavy (non-hydrogen) atoms. The van der Waals surface area contributed by atoms with Crippen molar-refractivity contribution in [1.82, 2.24) is 5.32 Å². The Balaban J connectivity index is 2.14. The summed E-state index contributed by atoms with van der Waals surface area (Å²) in [5.74, 6) is 2.18. The fourth-order valence-corrected chi connectivity index (χ4v) is 1.57. The number of benzene rings is 1. The predicted molar refractivity (Wildman–Crippen MR) is 73.4 cm³/mol. The van der Waals surface area contributed by atoms with Gasteiger partial charge in [-0.3, -0.25) is 4.79 Å². The van der Waals surface area contributed by atoms with Gasteiger partial charge in [-0.15, -0.1) is 6.42 Å². The highest BCUT2D eigenvalue weighted by atomic mass is 16.5. The molecule has 4 nitrogen and oxygen atoms in total. The number of amides is 1. The zero-order chi connectivity index (χ0) is 13.9. The van der Waals surface area contributed by atoms with Crippen LogP contribution in [0.25, 0.3) is 0 Å².